The maximum absolute atomic E-state index is 13.2. The van der Waals surface area contributed by atoms with Gasteiger partial charge in [0.15, 0.2) is 0 Å². The molecule has 1 aliphatic heterocycles. The average Bonchev–Trinajstić information content (AvgIpc) is 3.17. The van der Waals surface area contributed by atoms with E-state index in [1.165, 1.54) is 12.0 Å². The van der Waals surface area contributed by atoms with E-state index in [1.54, 1.807) is 0 Å². The summed E-state index contributed by atoms with van der Waals surface area (Å²) in [7, 11) is 1.37. The summed E-state index contributed by atoms with van der Waals surface area (Å²) in [4.78, 5) is 50.4. The van der Waals surface area contributed by atoms with Crippen LogP contribution in [0.1, 0.15) is 23.5 Å². The van der Waals surface area contributed by atoms with Gasteiger partial charge in [-0.1, -0.05) is 48.5 Å². The number of aliphatic carboxylic acids is 1. The number of hydrogen-bond acceptors (Lipinski definition) is 6. The number of benzene rings is 2. The van der Waals surface area contributed by atoms with E-state index in [2.05, 4.69) is 10.6 Å². The number of nitrogens with zero attached hydrogens (tertiary/aromatic N) is 1. The fourth-order valence-electron chi connectivity index (χ4n) is 4.67. The number of carboxylic acid groups (broad SMARTS) is 1. The molecule has 2 aliphatic rings. The van der Waals surface area contributed by atoms with Gasteiger partial charge < -0.3 is 30.1 Å². The number of methoxy groups -OCH3 is 1. The van der Waals surface area contributed by atoms with Crippen molar-refractivity contribution < 1.29 is 33.8 Å². The van der Waals surface area contributed by atoms with Crippen LogP contribution in [0.2, 0.25) is 0 Å². The molecule has 1 saturated heterocycles. The fraction of sp³-hybridized carbons (Fsp3) is 0.360. The number of piperazine rings is 1. The topological polar surface area (TPSA) is 134 Å². The number of hydrogen-bond donors (Lipinski definition) is 3. The number of carboxylic acids is 1. The van der Waals surface area contributed by atoms with Crippen LogP contribution in [0.25, 0.3) is 11.1 Å². The Labute approximate surface area is 202 Å². The molecule has 184 valence electrons. The van der Waals surface area contributed by atoms with Gasteiger partial charge in [0.25, 0.3) is 0 Å². The molecule has 2 aromatic rings. The summed E-state index contributed by atoms with van der Waals surface area (Å²) in [5.41, 5.74) is 4.30. The smallest absolute Gasteiger partial charge is 0.407 e. The van der Waals surface area contributed by atoms with Crippen LogP contribution >= 0.6 is 0 Å². The summed E-state index contributed by atoms with van der Waals surface area (Å²) in [6.07, 6.45) is -1.35. The summed E-state index contributed by atoms with van der Waals surface area (Å²) >= 11 is 0. The number of fused-ring (bicyclic) bond motifs is 3. The number of carbonyl (C=O) groups excluding carboxylic acids is 3. The zero-order chi connectivity index (χ0) is 24.9. The van der Waals surface area contributed by atoms with Gasteiger partial charge in [-0.25, -0.2) is 4.79 Å². The first kappa shape index (κ1) is 24.2. The average molecular weight is 482 g/mol. The van der Waals surface area contributed by atoms with Gasteiger partial charge in [0.1, 0.15) is 18.7 Å². The number of rotatable bonds is 8. The zero-order valence-electron chi connectivity index (χ0n) is 19.2. The minimum absolute atomic E-state index is 0.0709. The highest BCUT2D eigenvalue weighted by molar-refractivity contribution is 5.94. The molecule has 0 bridgehead atoms. The third kappa shape index (κ3) is 5.12. The molecule has 0 spiro atoms. The highest BCUT2D eigenvalue weighted by atomic mass is 16.5. The third-order valence-electron chi connectivity index (χ3n) is 6.25. The van der Waals surface area contributed by atoms with Crippen molar-refractivity contribution in [3.63, 3.8) is 0 Å². The molecule has 3 N–H and O–H groups in total. The Morgan fingerprint density at radius 3 is 2.34 bits per heavy atom. The minimum atomic E-state index is -1.21. The number of nitrogens with one attached hydrogen (secondary N) is 2. The van der Waals surface area contributed by atoms with E-state index < -0.39 is 42.4 Å². The molecule has 4 rings (SSSR count). The van der Waals surface area contributed by atoms with E-state index >= 15 is 0 Å². The Hall–Kier alpha value is -3.92. The van der Waals surface area contributed by atoms with Crippen LogP contribution in [-0.4, -0.2) is 79.4 Å². The molecule has 0 radical (unpaired) electrons. The maximum atomic E-state index is 13.2. The van der Waals surface area contributed by atoms with Crippen molar-refractivity contribution in [2.45, 2.75) is 24.4 Å². The molecule has 2 unspecified atom stereocenters. The molecule has 1 heterocycles. The Balaban J connectivity index is 1.44. The lowest BCUT2D eigenvalue weighted by Gasteiger charge is -2.36. The number of alkyl carbamates (subject to hydrolysis) is 1. The first-order valence-corrected chi connectivity index (χ1v) is 11.3. The summed E-state index contributed by atoms with van der Waals surface area (Å²) in [6, 6.07) is 13.6. The SMILES string of the molecule is COCC(NC(=O)OCC1c2ccccc2-c2ccccc21)C(=O)N1CCNC(=O)C1CC(=O)O. The molecule has 2 aromatic carbocycles. The minimum Gasteiger partial charge on any atom is -0.481 e. The van der Waals surface area contributed by atoms with E-state index in [1.807, 2.05) is 48.5 Å². The van der Waals surface area contributed by atoms with Gasteiger partial charge in [0.05, 0.1) is 13.0 Å². The second-order valence-corrected chi connectivity index (χ2v) is 8.41. The van der Waals surface area contributed by atoms with E-state index in [0.29, 0.717) is 0 Å². The lowest BCUT2D eigenvalue weighted by Crippen LogP contribution is -2.62. The third-order valence-corrected chi connectivity index (χ3v) is 6.25. The van der Waals surface area contributed by atoms with E-state index in [0.717, 1.165) is 22.3 Å². The van der Waals surface area contributed by atoms with Crippen LogP contribution in [-0.2, 0) is 23.9 Å². The van der Waals surface area contributed by atoms with E-state index in [9.17, 15) is 19.2 Å². The Morgan fingerprint density at radius 1 is 1.11 bits per heavy atom. The van der Waals surface area contributed by atoms with Crippen LogP contribution in [0, 0.1) is 0 Å². The molecule has 3 amide bonds. The summed E-state index contributed by atoms with van der Waals surface area (Å²) < 4.78 is 10.6. The normalized spacial score (nSPS) is 17.7. The van der Waals surface area contributed by atoms with Gasteiger partial charge in [-0.05, 0) is 22.3 Å². The van der Waals surface area contributed by atoms with Gasteiger partial charge in [0.2, 0.25) is 11.8 Å². The van der Waals surface area contributed by atoms with Crippen LogP contribution < -0.4 is 10.6 Å². The number of amides is 3. The van der Waals surface area contributed by atoms with Gasteiger partial charge in [-0.15, -0.1) is 0 Å². The fourth-order valence-corrected chi connectivity index (χ4v) is 4.67. The number of carbonyl (C=O) groups is 4. The van der Waals surface area contributed by atoms with Crippen molar-refractivity contribution >= 4 is 23.9 Å². The first-order chi connectivity index (χ1) is 16.9. The first-order valence-electron chi connectivity index (χ1n) is 11.3. The largest absolute Gasteiger partial charge is 0.481 e. The zero-order valence-corrected chi connectivity index (χ0v) is 19.2. The van der Waals surface area contributed by atoms with Gasteiger partial charge in [0, 0.05) is 26.1 Å². The van der Waals surface area contributed by atoms with Crippen molar-refractivity contribution in [2.24, 2.45) is 0 Å². The standard InChI is InChI=1S/C25H27N3O7/c1-34-14-20(24(32)28-11-10-26-23(31)21(28)12-22(29)30)27-25(33)35-13-19-17-8-4-2-6-15(17)16-7-3-5-9-18(16)19/h2-9,19-21H,10-14H2,1H3,(H,26,31)(H,27,33)(H,29,30). The van der Waals surface area contributed by atoms with Crippen LogP contribution in [0.15, 0.2) is 48.5 Å². The summed E-state index contributed by atoms with van der Waals surface area (Å²) in [5, 5.41) is 14.2. The predicted molar refractivity (Wildman–Crippen MR) is 125 cm³/mol. The lowest BCUT2D eigenvalue weighted by atomic mass is 9.98. The van der Waals surface area contributed by atoms with E-state index in [4.69, 9.17) is 14.6 Å². The molecule has 1 fully saturated rings. The van der Waals surface area contributed by atoms with E-state index in [-0.39, 0.29) is 32.2 Å². The molecular weight excluding hydrogens is 454 g/mol. The highest BCUT2D eigenvalue weighted by Crippen LogP contribution is 2.44. The van der Waals surface area contributed by atoms with Crippen molar-refractivity contribution in [1.82, 2.24) is 15.5 Å². The number of ether oxygens (including phenoxy) is 2. The molecule has 1 aliphatic carbocycles. The molecule has 10 nitrogen and oxygen atoms in total. The van der Waals surface area contributed by atoms with Crippen molar-refractivity contribution in [3.05, 3.63) is 59.7 Å². The molecule has 0 saturated carbocycles. The summed E-state index contributed by atoms with van der Waals surface area (Å²) in [6.45, 7) is 0.211. The van der Waals surface area contributed by atoms with Crippen molar-refractivity contribution in [1.29, 1.82) is 0 Å². The predicted octanol–water partition coefficient (Wildman–Crippen LogP) is 1.34. The lowest BCUT2D eigenvalue weighted by molar-refractivity contribution is -0.150. The molecule has 35 heavy (non-hydrogen) atoms. The molecule has 10 heteroatoms. The second-order valence-electron chi connectivity index (χ2n) is 8.41. The molecule has 0 aromatic heterocycles. The van der Waals surface area contributed by atoms with Crippen LogP contribution in [0.5, 0.6) is 0 Å². The Bertz CT molecular complexity index is 1090. The van der Waals surface area contributed by atoms with Crippen LogP contribution in [0.3, 0.4) is 0 Å². The van der Waals surface area contributed by atoms with Gasteiger partial charge in [-0.2, -0.15) is 0 Å². The second kappa shape index (κ2) is 10.6. The van der Waals surface area contributed by atoms with Gasteiger partial charge >= 0.3 is 12.1 Å². The quantitative estimate of drug-likeness (QED) is 0.518. The molecule has 2 atom stereocenters. The monoisotopic (exact) mass is 481 g/mol. The maximum Gasteiger partial charge on any atom is 0.407 e. The highest BCUT2D eigenvalue weighted by Gasteiger charge is 2.38. The molecular formula is C25H27N3O7. The van der Waals surface area contributed by atoms with Crippen LogP contribution in [0.4, 0.5) is 4.79 Å². The van der Waals surface area contributed by atoms with Crippen molar-refractivity contribution in [3.8, 4) is 11.1 Å². The Morgan fingerprint density at radius 2 is 1.74 bits per heavy atom. The summed E-state index contributed by atoms with van der Waals surface area (Å²) in [5.74, 6) is -2.51. The Kier molecular flexibility index (Phi) is 7.31. The van der Waals surface area contributed by atoms with Gasteiger partial charge in [-0.3, -0.25) is 14.4 Å². The van der Waals surface area contributed by atoms with Crippen molar-refractivity contribution in [2.75, 3.05) is 33.4 Å².